The monoisotopic (exact) mass is 421 g/mol. The summed E-state index contributed by atoms with van der Waals surface area (Å²) in [5, 5.41) is -0.0153. The Morgan fingerprint density at radius 1 is 1.28 bits per heavy atom. The highest BCUT2D eigenvalue weighted by molar-refractivity contribution is 7.98. The molecule has 0 radical (unpaired) electrons. The van der Waals surface area contributed by atoms with Crippen LogP contribution in [0.1, 0.15) is 40.0 Å². The van der Waals surface area contributed by atoms with Crippen LogP contribution in [-0.2, 0) is 0 Å². The van der Waals surface area contributed by atoms with E-state index < -0.39 is 17.1 Å². The van der Waals surface area contributed by atoms with Crippen LogP contribution in [0.4, 0.5) is 20.2 Å². The number of thioether (sulfide) groups is 1. The number of nitrogens with two attached hydrogens (primary N) is 1. The minimum Gasteiger partial charge on any atom is -0.394 e. The van der Waals surface area contributed by atoms with E-state index in [1.54, 1.807) is 11.2 Å². The van der Waals surface area contributed by atoms with Crippen molar-refractivity contribution in [3.63, 3.8) is 0 Å². The first kappa shape index (κ1) is 23.1. The summed E-state index contributed by atoms with van der Waals surface area (Å²) in [5.41, 5.74) is 4.94. The standard InChI is InChI=1S/C15H17F2N3OS.C5H6.C2H6/c1-7-3-4-20(6-7)13-10(16)12-9(15(22-2)11(13)17)14(21)8(18)5-19-12;1-2-5-3-4-5;1-2/h5,7H,3-4,6,18H2,1-2H3,(H,19,21);1,5H,3-4H2;1-2H3. The number of nitrogen functional groups attached to an aromatic ring is 1. The van der Waals surface area contributed by atoms with Crippen molar-refractivity contribution in [1.82, 2.24) is 4.98 Å². The molecule has 0 bridgehead atoms. The van der Waals surface area contributed by atoms with Gasteiger partial charge in [0.2, 0.25) is 5.43 Å². The Bertz CT molecular complexity index is 963. The molecule has 1 aliphatic carbocycles. The number of rotatable bonds is 2. The van der Waals surface area contributed by atoms with Crippen molar-refractivity contribution in [2.24, 2.45) is 11.8 Å². The number of hydrogen-bond donors (Lipinski definition) is 2. The minimum absolute atomic E-state index is 0.0134. The largest absolute Gasteiger partial charge is 0.394 e. The summed E-state index contributed by atoms with van der Waals surface area (Å²) in [6, 6.07) is 0. The molecule has 1 atom stereocenters. The van der Waals surface area contributed by atoms with Gasteiger partial charge in [0.15, 0.2) is 11.6 Å². The average Bonchev–Trinajstić information content (AvgIpc) is 3.48. The molecular formula is C22H29F2N3OS. The van der Waals surface area contributed by atoms with E-state index in [2.05, 4.69) is 17.8 Å². The molecule has 0 spiro atoms. The van der Waals surface area contributed by atoms with Gasteiger partial charge in [0.25, 0.3) is 0 Å². The third-order valence-electron chi connectivity index (χ3n) is 4.93. The molecule has 3 N–H and O–H groups in total. The molecule has 1 aromatic carbocycles. The van der Waals surface area contributed by atoms with Crippen LogP contribution in [0.15, 0.2) is 15.9 Å². The van der Waals surface area contributed by atoms with Gasteiger partial charge in [-0.15, -0.1) is 24.1 Å². The molecule has 2 heterocycles. The predicted molar refractivity (Wildman–Crippen MR) is 120 cm³/mol. The number of nitrogens with one attached hydrogen (secondary N) is 1. The second kappa shape index (κ2) is 10.0. The Morgan fingerprint density at radius 2 is 1.93 bits per heavy atom. The van der Waals surface area contributed by atoms with Gasteiger partial charge in [-0.3, -0.25) is 4.79 Å². The van der Waals surface area contributed by atoms with Crippen molar-refractivity contribution in [2.45, 2.75) is 44.9 Å². The topological polar surface area (TPSA) is 62.1 Å². The highest BCUT2D eigenvalue weighted by atomic mass is 32.2. The van der Waals surface area contributed by atoms with Crippen LogP contribution in [0.5, 0.6) is 0 Å². The maximum Gasteiger partial charge on any atom is 0.213 e. The average molecular weight is 422 g/mol. The summed E-state index contributed by atoms with van der Waals surface area (Å²) in [5.74, 6) is 2.28. The number of anilines is 2. The van der Waals surface area contributed by atoms with Crippen molar-refractivity contribution >= 4 is 34.0 Å². The first-order valence-electron chi connectivity index (χ1n) is 9.95. The maximum atomic E-state index is 14.9. The van der Waals surface area contributed by atoms with E-state index in [9.17, 15) is 13.6 Å². The summed E-state index contributed by atoms with van der Waals surface area (Å²) in [6.45, 7) is 7.26. The number of pyridine rings is 1. The molecule has 7 heteroatoms. The quantitative estimate of drug-likeness (QED) is 0.528. The minimum atomic E-state index is -0.725. The third-order valence-corrected chi connectivity index (χ3v) is 5.72. The van der Waals surface area contributed by atoms with E-state index in [1.807, 2.05) is 13.8 Å². The lowest BCUT2D eigenvalue weighted by atomic mass is 10.1. The molecule has 1 aromatic heterocycles. The van der Waals surface area contributed by atoms with Gasteiger partial charge < -0.3 is 15.6 Å². The molecule has 1 saturated heterocycles. The normalized spacial score (nSPS) is 17.8. The van der Waals surface area contributed by atoms with Crippen molar-refractivity contribution in [1.29, 1.82) is 0 Å². The zero-order valence-electron chi connectivity index (χ0n) is 17.4. The second-order valence-electron chi connectivity index (χ2n) is 7.11. The van der Waals surface area contributed by atoms with Gasteiger partial charge in [0.1, 0.15) is 5.69 Å². The molecular weight excluding hydrogens is 392 g/mol. The van der Waals surface area contributed by atoms with Crippen LogP contribution in [0.25, 0.3) is 10.9 Å². The Morgan fingerprint density at radius 3 is 2.38 bits per heavy atom. The van der Waals surface area contributed by atoms with Crippen molar-refractivity contribution in [3.8, 4) is 12.3 Å². The number of aromatic nitrogens is 1. The van der Waals surface area contributed by atoms with E-state index in [0.717, 1.165) is 18.2 Å². The fourth-order valence-electron chi connectivity index (χ4n) is 3.22. The fraction of sp³-hybridized carbons (Fsp3) is 0.500. The van der Waals surface area contributed by atoms with Crippen LogP contribution in [-0.4, -0.2) is 24.3 Å². The van der Waals surface area contributed by atoms with Gasteiger partial charge in [0.05, 0.1) is 21.5 Å². The number of nitrogens with zero attached hydrogens (tertiary/aromatic N) is 1. The molecule has 1 aliphatic heterocycles. The lowest BCUT2D eigenvalue weighted by Crippen LogP contribution is -2.23. The van der Waals surface area contributed by atoms with Crippen LogP contribution in [0, 0.1) is 35.8 Å². The van der Waals surface area contributed by atoms with E-state index in [1.165, 1.54) is 19.0 Å². The van der Waals surface area contributed by atoms with E-state index in [-0.39, 0.29) is 27.2 Å². The number of aromatic amines is 1. The van der Waals surface area contributed by atoms with E-state index in [4.69, 9.17) is 12.2 Å². The van der Waals surface area contributed by atoms with E-state index >= 15 is 0 Å². The van der Waals surface area contributed by atoms with Gasteiger partial charge in [-0.25, -0.2) is 8.78 Å². The highest BCUT2D eigenvalue weighted by Crippen LogP contribution is 2.38. The predicted octanol–water partition coefficient (Wildman–Crippen LogP) is 5.01. The first-order chi connectivity index (χ1) is 13.9. The number of benzene rings is 1. The number of fused-ring (bicyclic) bond motifs is 1. The van der Waals surface area contributed by atoms with Gasteiger partial charge in [-0.1, -0.05) is 20.8 Å². The summed E-state index contributed by atoms with van der Waals surface area (Å²) in [4.78, 5) is 16.7. The zero-order chi connectivity index (χ0) is 21.7. The van der Waals surface area contributed by atoms with Gasteiger partial charge in [0, 0.05) is 25.2 Å². The van der Waals surface area contributed by atoms with Crippen LogP contribution in [0.2, 0.25) is 0 Å². The lowest BCUT2D eigenvalue weighted by molar-refractivity contribution is 0.566. The smallest absolute Gasteiger partial charge is 0.213 e. The third kappa shape index (κ3) is 4.87. The molecule has 4 rings (SSSR count). The molecule has 1 saturated carbocycles. The van der Waals surface area contributed by atoms with Crippen LogP contribution in [0.3, 0.4) is 0 Å². The Labute approximate surface area is 175 Å². The zero-order valence-corrected chi connectivity index (χ0v) is 18.3. The van der Waals surface area contributed by atoms with Gasteiger partial charge >= 0.3 is 0 Å². The highest BCUT2D eigenvalue weighted by Gasteiger charge is 2.29. The summed E-state index contributed by atoms with van der Waals surface area (Å²) in [6.07, 6.45) is 11.3. The Kier molecular flexibility index (Phi) is 7.97. The van der Waals surface area contributed by atoms with Crippen LogP contribution < -0.4 is 16.1 Å². The van der Waals surface area contributed by atoms with Crippen LogP contribution >= 0.6 is 11.8 Å². The van der Waals surface area contributed by atoms with Crippen molar-refractivity contribution in [2.75, 3.05) is 30.0 Å². The summed E-state index contributed by atoms with van der Waals surface area (Å²) in [7, 11) is 0. The molecule has 2 fully saturated rings. The van der Waals surface area contributed by atoms with E-state index in [0.29, 0.717) is 24.9 Å². The summed E-state index contributed by atoms with van der Waals surface area (Å²) < 4.78 is 29.7. The second-order valence-corrected chi connectivity index (χ2v) is 7.93. The first-order valence-corrected chi connectivity index (χ1v) is 11.2. The molecule has 158 valence electrons. The number of hydrogen-bond acceptors (Lipinski definition) is 4. The van der Waals surface area contributed by atoms with Crippen molar-refractivity contribution in [3.05, 3.63) is 28.1 Å². The number of terminal acetylenes is 1. The number of halogens is 2. The summed E-state index contributed by atoms with van der Waals surface area (Å²) >= 11 is 1.09. The SMILES string of the molecule is C#CC1CC1.CC.CSc1c(F)c(N2CCC(C)C2)c(F)c2[nH]cc(N)c(=O)c12. The number of H-pyrrole nitrogens is 1. The lowest BCUT2D eigenvalue weighted by Gasteiger charge is -2.22. The molecule has 2 aliphatic rings. The van der Waals surface area contributed by atoms with Crippen molar-refractivity contribution < 1.29 is 8.78 Å². The molecule has 29 heavy (non-hydrogen) atoms. The maximum absolute atomic E-state index is 14.9. The Balaban J connectivity index is 0.000000367. The molecule has 1 unspecified atom stereocenters. The fourth-order valence-corrected chi connectivity index (χ4v) is 3.90. The molecule has 0 amide bonds. The van der Waals surface area contributed by atoms with Gasteiger partial charge in [-0.2, -0.15) is 0 Å². The Hall–Kier alpha value is -2.20. The molecule has 4 nitrogen and oxygen atoms in total. The van der Waals surface area contributed by atoms with Gasteiger partial charge in [-0.05, 0) is 31.4 Å². The molecule has 2 aromatic rings.